The smallest absolute Gasteiger partial charge is 0.335 e. The molecule has 2 rings (SSSR count). The van der Waals surface area contributed by atoms with Gasteiger partial charge in [0.1, 0.15) is 0 Å². The molecule has 0 saturated carbocycles. The molecule has 0 aliphatic heterocycles. The zero-order chi connectivity index (χ0) is 13.1. The van der Waals surface area contributed by atoms with Crippen molar-refractivity contribution >= 4 is 11.5 Å². The van der Waals surface area contributed by atoms with Crippen LogP contribution in [0.15, 0.2) is 55.1 Å². The van der Waals surface area contributed by atoms with Crippen molar-refractivity contribution in [2.75, 3.05) is 0 Å². The minimum Gasteiger partial charge on any atom is -0.478 e. The molecule has 0 unspecified atom stereocenters. The van der Waals surface area contributed by atoms with Crippen LogP contribution in [0.1, 0.15) is 22.8 Å². The zero-order valence-corrected chi connectivity index (χ0v) is 10.2. The van der Waals surface area contributed by atoms with Crippen LogP contribution in [0.3, 0.4) is 0 Å². The molecule has 0 spiro atoms. The predicted molar refractivity (Wildman–Crippen MR) is 73.5 cm³/mol. The summed E-state index contributed by atoms with van der Waals surface area (Å²) < 4.78 is 0. The largest absolute Gasteiger partial charge is 0.478 e. The second-order valence-electron chi connectivity index (χ2n) is 4.24. The van der Waals surface area contributed by atoms with Crippen LogP contribution in [0, 0.1) is 0 Å². The Hall–Kier alpha value is -2.35. The van der Waals surface area contributed by atoms with Gasteiger partial charge in [0, 0.05) is 0 Å². The summed E-state index contributed by atoms with van der Waals surface area (Å²) in [5, 5.41) is 8.83. The Morgan fingerprint density at radius 2 is 1.28 bits per heavy atom. The Labute approximate surface area is 106 Å². The first-order valence-corrected chi connectivity index (χ1v) is 5.67. The molecular weight excluding hydrogens is 224 g/mol. The number of carbonyl (C=O) groups is 1. The summed E-state index contributed by atoms with van der Waals surface area (Å²) in [7, 11) is 0. The molecule has 0 atom stereocenters. The lowest BCUT2D eigenvalue weighted by atomic mass is 10.0. The summed E-state index contributed by atoms with van der Waals surface area (Å²) in [6, 6.07) is 14.9. The fourth-order valence-corrected chi connectivity index (χ4v) is 1.75. The van der Waals surface area contributed by atoms with E-state index in [1.165, 1.54) is 0 Å². The molecule has 2 aromatic carbocycles. The topological polar surface area (TPSA) is 37.3 Å². The molecule has 2 nitrogen and oxygen atoms in total. The van der Waals surface area contributed by atoms with E-state index in [0.717, 1.165) is 22.3 Å². The van der Waals surface area contributed by atoms with E-state index in [4.69, 9.17) is 5.11 Å². The quantitative estimate of drug-likeness (QED) is 0.874. The Morgan fingerprint density at radius 1 is 0.889 bits per heavy atom. The maximum Gasteiger partial charge on any atom is 0.335 e. The first-order valence-electron chi connectivity index (χ1n) is 5.67. The monoisotopic (exact) mass is 238 g/mol. The molecule has 0 amide bonds. The van der Waals surface area contributed by atoms with E-state index in [0.29, 0.717) is 5.56 Å². The molecule has 0 fully saturated rings. The molecule has 0 bridgehead atoms. The molecule has 2 aromatic rings. The first kappa shape index (κ1) is 12.1. The van der Waals surface area contributed by atoms with Gasteiger partial charge in [0.15, 0.2) is 0 Å². The molecular formula is C16H14O2. The molecule has 2 heteroatoms. The summed E-state index contributed by atoms with van der Waals surface area (Å²) in [6.45, 7) is 5.86. The number of hydrogen-bond donors (Lipinski definition) is 1. The van der Waals surface area contributed by atoms with Crippen LogP contribution >= 0.6 is 0 Å². The lowest BCUT2D eigenvalue weighted by molar-refractivity contribution is 0.0697. The Bertz CT molecular complexity index is 522. The van der Waals surface area contributed by atoms with E-state index < -0.39 is 5.97 Å². The van der Waals surface area contributed by atoms with Crippen LogP contribution in [0.2, 0.25) is 0 Å². The molecule has 0 aliphatic rings. The van der Waals surface area contributed by atoms with E-state index in [1.807, 2.05) is 43.3 Å². The summed E-state index contributed by atoms with van der Waals surface area (Å²) in [5.41, 5.74) is 4.52. The van der Waals surface area contributed by atoms with Gasteiger partial charge in [0.25, 0.3) is 0 Å². The van der Waals surface area contributed by atoms with Crippen LogP contribution in [0.25, 0.3) is 16.7 Å². The average Bonchev–Trinajstić information content (AvgIpc) is 2.39. The number of benzene rings is 2. The Morgan fingerprint density at radius 3 is 1.61 bits per heavy atom. The maximum absolute atomic E-state index is 10.8. The summed E-state index contributed by atoms with van der Waals surface area (Å²) in [6.07, 6.45) is 0. The average molecular weight is 238 g/mol. The molecule has 0 radical (unpaired) electrons. The highest BCUT2D eigenvalue weighted by Crippen LogP contribution is 2.22. The van der Waals surface area contributed by atoms with E-state index in [-0.39, 0.29) is 0 Å². The van der Waals surface area contributed by atoms with Crippen molar-refractivity contribution in [2.45, 2.75) is 6.92 Å². The Balaban J connectivity index is 2.31. The van der Waals surface area contributed by atoms with Crippen LogP contribution in [-0.4, -0.2) is 11.1 Å². The molecule has 0 aromatic heterocycles. The van der Waals surface area contributed by atoms with Crippen molar-refractivity contribution in [3.63, 3.8) is 0 Å². The molecule has 18 heavy (non-hydrogen) atoms. The van der Waals surface area contributed by atoms with Crippen molar-refractivity contribution in [3.05, 3.63) is 66.2 Å². The van der Waals surface area contributed by atoms with Gasteiger partial charge in [-0.05, 0) is 35.7 Å². The highest BCUT2D eigenvalue weighted by Gasteiger charge is 2.03. The SMILES string of the molecule is C=C(C)c1ccc(-c2ccc(C(=O)O)cc2)cc1. The van der Waals surface area contributed by atoms with E-state index in [9.17, 15) is 4.79 Å². The van der Waals surface area contributed by atoms with Gasteiger partial charge in [-0.25, -0.2) is 4.79 Å². The van der Waals surface area contributed by atoms with Crippen LogP contribution < -0.4 is 0 Å². The number of hydrogen-bond acceptors (Lipinski definition) is 1. The van der Waals surface area contributed by atoms with Crippen molar-refractivity contribution < 1.29 is 9.90 Å². The van der Waals surface area contributed by atoms with Gasteiger partial charge in [0.2, 0.25) is 0 Å². The van der Waals surface area contributed by atoms with Crippen molar-refractivity contribution in [1.29, 1.82) is 0 Å². The highest BCUT2D eigenvalue weighted by atomic mass is 16.4. The minimum absolute atomic E-state index is 0.303. The predicted octanol–water partition coefficient (Wildman–Crippen LogP) is 4.08. The maximum atomic E-state index is 10.8. The number of carboxylic acid groups (broad SMARTS) is 1. The number of allylic oxidation sites excluding steroid dienone is 1. The zero-order valence-electron chi connectivity index (χ0n) is 10.2. The third kappa shape index (κ3) is 2.48. The third-order valence-corrected chi connectivity index (χ3v) is 2.84. The molecule has 0 heterocycles. The number of aromatic carboxylic acids is 1. The fraction of sp³-hybridized carbons (Fsp3) is 0.0625. The second-order valence-corrected chi connectivity index (χ2v) is 4.24. The van der Waals surface area contributed by atoms with Gasteiger partial charge >= 0.3 is 5.97 Å². The van der Waals surface area contributed by atoms with Gasteiger partial charge in [-0.3, -0.25) is 0 Å². The molecule has 1 N–H and O–H groups in total. The fourth-order valence-electron chi connectivity index (χ4n) is 1.75. The Kier molecular flexibility index (Phi) is 3.28. The van der Waals surface area contributed by atoms with Gasteiger partial charge in [-0.2, -0.15) is 0 Å². The van der Waals surface area contributed by atoms with Gasteiger partial charge in [-0.15, -0.1) is 0 Å². The molecule has 90 valence electrons. The van der Waals surface area contributed by atoms with Crippen molar-refractivity contribution in [2.24, 2.45) is 0 Å². The third-order valence-electron chi connectivity index (χ3n) is 2.84. The summed E-state index contributed by atoms with van der Waals surface area (Å²) in [5.74, 6) is -0.904. The van der Waals surface area contributed by atoms with E-state index >= 15 is 0 Å². The summed E-state index contributed by atoms with van der Waals surface area (Å²) >= 11 is 0. The number of rotatable bonds is 3. The molecule has 0 saturated heterocycles. The van der Waals surface area contributed by atoms with Crippen molar-refractivity contribution in [1.82, 2.24) is 0 Å². The first-order chi connectivity index (χ1) is 8.58. The van der Waals surface area contributed by atoms with Gasteiger partial charge < -0.3 is 5.11 Å². The lowest BCUT2D eigenvalue weighted by Crippen LogP contribution is -1.94. The van der Waals surface area contributed by atoms with Crippen LogP contribution in [0.4, 0.5) is 0 Å². The van der Waals surface area contributed by atoms with Crippen molar-refractivity contribution in [3.8, 4) is 11.1 Å². The lowest BCUT2D eigenvalue weighted by Gasteiger charge is -2.04. The van der Waals surface area contributed by atoms with E-state index in [2.05, 4.69) is 6.58 Å². The summed E-state index contributed by atoms with van der Waals surface area (Å²) in [4.78, 5) is 10.8. The minimum atomic E-state index is -0.904. The van der Waals surface area contributed by atoms with E-state index in [1.54, 1.807) is 12.1 Å². The highest BCUT2D eigenvalue weighted by molar-refractivity contribution is 5.88. The molecule has 0 aliphatic carbocycles. The van der Waals surface area contributed by atoms with Gasteiger partial charge in [-0.1, -0.05) is 48.6 Å². The van der Waals surface area contributed by atoms with Crippen LogP contribution in [0.5, 0.6) is 0 Å². The standard InChI is InChI=1S/C16H14O2/c1-11(2)12-3-5-13(6-4-12)14-7-9-15(10-8-14)16(17)18/h3-10H,1H2,2H3,(H,17,18). The van der Waals surface area contributed by atoms with Gasteiger partial charge in [0.05, 0.1) is 5.56 Å². The van der Waals surface area contributed by atoms with Crippen LogP contribution in [-0.2, 0) is 0 Å². The second kappa shape index (κ2) is 4.88. The number of carboxylic acids is 1. The normalized spacial score (nSPS) is 10.1.